The number of carbonyl (C=O) groups is 1. The van der Waals surface area contributed by atoms with Crippen molar-refractivity contribution in [1.29, 1.82) is 0 Å². The summed E-state index contributed by atoms with van der Waals surface area (Å²) in [6.45, 7) is 3.88. The van der Waals surface area contributed by atoms with Crippen LogP contribution < -0.4 is 0 Å². The molecule has 0 radical (unpaired) electrons. The highest BCUT2D eigenvalue weighted by Crippen LogP contribution is 2.41. The predicted molar refractivity (Wildman–Crippen MR) is 102 cm³/mol. The van der Waals surface area contributed by atoms with Gasteiger partial charge in [-0.05, 0) is 24.7 Å². The van der Waals surface area contributed by atoms with Crippen molar-refractivity contribution in [1.82, 2.24) is 0 Å². The van der Waals surface area contributed by atoms with Gasteiger partial charge in [0.2, 0.25) is 0 Å². The quantitative estimate of drug-likeness (QED) is 0.450. The molecule has 0 aromatic carbocycles. The van der Waals surface area contributed by atoms with Gasteiger partial charge in [-0.2, -0.15) is 0 Å². The molecule has 1 aliphatic carbocycles. The minimum atomic E-state index is -1.41. The highest BCUT2D eigenvalue weighted by Gasteiger charge is 2.50. The zero-order valence-electron chi connectivity index (χ0n) is 16.8. The Bertz CT molecular complexity index is 454. The number of hydrogen-bond donors (Lipinski definition) is 4. The molecular weight excluding hydrogens is 348 g/mol. The van der Waals surface area contributed by atoms with Gasteiger partial charge in [0.25, 0.3) is 0 Å². The number of hydrogen-bond acceptors (Lipinski definition) is 6. The second-order valence-electron chi connectivity index (χ2n) is 8.46. The van der Waals surface area contributed by atoms with Crippen molar-refractivity contribution in [3.63, 3.8) is 0 Å². The summed E-state index contributed by atoms with van der Waals surface area (Å²) in [7, 11) is 0. The molecule has 0 bridgehead atoms. The Morgan fingerprint density at radius 2 is 1.59 bits per heavy atom. The number of ether oxygens (including phenoxy) is 1. The van der Waals surface area contributed by atoms with Crippen molar-refractivity contribution in [2.45, 2.75) is 102 Å². The van der Waals surface area contributed by atoms with Gasteiger partial charge in [0.1, 0.15) is 30.2 Å². The van der Waals surface area contributed by atoms with E-state index >= 15 is 0 Å². The van der Waals surface area contributed by atoms with Gasteiger partial charge in [-0.15, -0.1) is 0 Å². The lowest BCUT2D eigenvalue weighted by Gasteiger charge is -2.46. The molecule has 6 nitrogen and oxygen atoms in total. The first-order valence-electron chi connectivity index (χ1n) is 10.8. The molecule has 1 saturated carbocycles. The lowest BCUT2D eigenvalue weighted by atomic mass is 9.67. The molecular formula is C21H38O6. The van der Waals surface area contributed by atoms with E-state index in [2.05, 4.69) is 13.8 Å². The van der Waals surface area contributed by atoms with Crippen molar-refractivity contribution in [3.05, 3.63) is 0 Å². The molecule has 1 saturated heterocycles. The van der Waals surface area contributed by atoms with Crippen LogP contribution >= 0.6 is 0 Å². The molecule has 4 N–H and O–H groups in total. The molecule has 1 heterocycles. The molecule has 2 rings (SSSR count). The van der Waals surface area contributed by atoms with Crippen LogP contribution in [0.1, 0.15) is 71.6 Å². The molecule has 5 unspecified atom stereocenters. The Morgan fingerprint density at radius 1 is 0.926 bits per heavy atom. The second-order valence-corrected chi connectivity index (χ2v) is 8.46. The van der Waals surface area contributed by atoms with Crippen LogP contribution in [0.5, 0.6) is 0 Å². The van der Waals surface area contributed by atoms with E-state index in [9.17, 15) is 25.2 Å². The zero-order valence-corrected chi connectivity index (χ0v) is 16.8. The van der Waals surface area contributed by atoms with Gasteiger partial charge < -0.3 is 25.2 Å². The number of ketones is 1. The summed E-state index contributed by atoms with van der Waals surface area (Å²) in [5.74, 6) is 0.391. The number of rotatable bonds is 9. The van der Waals surface area contributed by atoms with Crippen molar-refractivity contribution >= 4 is 5.78 Å². The first-order valence-corrected chi connectivity index (χ1v) is 10.8. The van der Waals surface area contributed by atoms with Crippen LogP contribution in [-0.4, -0.2) is 63.3 Å². The van der Waals surface area contributed by atoms with Crippen LogP contribution in [0.3, 0.4) is 0 Å². The van der Waals surface area contributed by atoms with Crippen LogP contribution in [0.25, 0.3) is 0 Å². The Kier molecular flexibility index (Phi) is 9.16. The molecule has 1 aliphatic heterocycles. The van der Waals surface area contributed by atoms with Crippen LogP contribution in [0.2, 0.25) is 0 Å². The second kappa shape index (κ2) is 10.9. The van der Waals surface area contributed by atoms with Gasteiger partial charge in [-0.1, -0.05) is 52.4 Å². The number of aliphatic hydroxyl groups excluding tert-OH is 4. The molecule has 2 fully saturated rings. The fourth-order valence-corrected chi connectivity index (χ4v) is 4.82. The predicted octanol–water partition coefficient (Wildman–Crippen LogP) is 1.81. The van der Waals surface area contributed by atoms with E-state index in [1.807, 2.05) is 0 Å². The highest BCUT2D eigenvalue weighted by molar-refractivity contribution is 5.82. The van der Waals surface area contributed by atoms with E-state index in [1.54, 1.807) is 0 Å². The molecule has 0 amide bonds. The monoisotopic (exact) mass is 386 g/mol. The van der Waals surface area contributed by atoms with Gasteiger partial charge in [-0.3, -0.25) is 4.79 Å². The third-order valence-corrected chi connectivity index (χ3v) is 6.53. The van der Waals surface area contributed by atoms with E-state index in [-0.39, 0.29) is 5.78 Å². The maximum Gasteiger partial charge on any atom is 0.138 e. The summed E-state index contributed by atoms with van der Waals surface area (Å²) in [6.07, 6.45) is 3.06. The minimum absolute atomic E-state index is 0.0774. The van der Waals surface area contributed by atoms with Gasteiger partial charge in [-0.25, -0.2) is 0 Å². The average molecular weight is 387 g/mol. The Labute approximate surface area is 162 Å². The summed E-state index contributed by atoms with van der Waals surface area (Å²) >= 11 is 0. The van der Waals surface area contributed by atoms with E-state index in [0.29, 0.717) is 24.7 Å². The topological polar surface area (TPSA) is 107 Å². The molecule has 2 aliphatic rings. The molecule has 0 spiro atoms. The van der Waals surface area contributed by atoms with Crippen LogP contribution in [-0.2, 0) is 9.53 Å². The highest BCUT2D eigenvalue weighted by atomic mass is 16.5. The molecule has 0 aromatic heterocycles. The lowest BCUT2D eigenvalue weighted by Crippen LogP contribution is -2.61. The minimum Gasteiger partial charge on any atom is -0.394 e. The average Bonchev–Trinajstić information content (AvgIpc) is 2.66. The number of unbranched alkanes of at least 4 members (excludes halogenated alkanes) is 3. The summed E-state index contributed by atoms with van der Waals surface area (Å²) in [5, 5.41) is 39.9. The van der Waals surface area contributed by atoms with E-state index < -0.39 is 43.0 Å². The standard InChI is InChI=1S/C21H38O6/c1-3-5-7-9-14-11-16(23)15(10-13(14)8-6-4-2)21-20(26)19(25)18(24)17(12-22)27-21/h13-15,17-22,24-26H,3-12H2,1-2H3/t13-,14+,15-,17?,18?,19?,20?,21?/m1/s1. The summed E-state index contributed by atoms with van der Waals surface area (Å²) in [5.41, 5.74) is 0. The summed E-state index contributed by atoms with van der Waals surface area (Å²) < 4.78 is 5.70. The van der Waals surface area contributed by atoms with Crippen LogP contribution in [0.15, 0.2) is 0 Å². The van der Waals surface area contributed by atoms with Gasteiger partial charge in [0, 0.05) is 12.3 Å². The number of aliphatic hydroxyl groups is 4. The van der Waals surface area contributed by atoms with Crippen LogP contribution in [0, 0.1) is 17.8 Å². The summed E-state index contributed by atoms with van der Waals surface area (Å²) in [6, 6.07) is 0. The third-order valence-electron chi connectivity index (χ3n) is 6.53. The normalized spacial score (nSPS) is 40.3. The third kappa shape index (κ3) is 5.51. The molecule has 0 aromatic rings. The van der Waals surface area contributed by atoms with Crippen molar-refractivity contribution < 1.29 is 30.0 Å². The molecule has 8 atom stereocenters. The lowest BCUT2D eigenvalue weighted by molar-refractivity contribution is -0.242. The van der Waals surface area contributed by atoms with E-state index in [4.69, 9.17) is 4.74 Å². The SMILES string of the molecule is CCCCC[C@H]1CC(=O)[C@H](C2OC(CO)C(O)C(O)C2O)C[C@H]1CCCC. The fourth-order valence-electron chi connectivity index (χ4n) is 4.82. The smallest absolute Gasteiger partial charge is 0.138 e. The first-order chi connectivity index (χ1) is 12.9. The molecule has 27 heavy (non-hydrogen) atoms. The van der Waals surface area contributed by atoms with Gasteiger partial charge in [0.05, 0.1) is 12.7 Å². The van der Waals surface area contributed by atoms with Crippen molar-refractivity contribution in [2.75, 3.05) is 6.61 Å². The fraction of sp³-hybridized carbons (Fsp3) is 0.952. The maximum absolute atomic E-state index is 12.9. The van der Waals surface area contributed by atoms with Gasteiger partial charge >= 0.3 is 0 Å². The van der Waals surface area contributed by atoms with Crippen molar-refractivity contribution in [2.24, 2.45) is 17.8 Å². The molecule has 158 valence electrons. The Hall–Kier alpha value is -0.530. The van der Waals surface area contributed by atoms with Gasteiger partial charge in [0.15, 0.2) is 0 Å². The summed E-state index contributed by atoms with van der Waals surface area (Å²) in [4.78, 5) is 12.9. The first kappa shape index (κ1) is 22.8. The Morgan fingerprint density at radius 3 is 2.22 bits per heavy atom. The molecule has 6 heteroatoms. The largest absolute Gasteiger partial charge is 0.394 e. The zero-order chi connectivity index (χ0) is 20.0. The Balaban J connectivity index is 2.10. The van der Waals surface area contributed by atoms with Crippen molar-refractivity contribution in [3.8, 4) is 0 Å². The number of carbonyl (C=O) groups excluding carboxylic acids is 1. The van der Waals surface area contributed by atoms with Crippen LogP contribution in [0.4, 0.5) is 0 Å². The van der Waals surface area contributed by atoms with E-state index in [0.717, 1.165) is 38.5 Å². The maximum atomic E-state index is 12.9. The number of Topliss-reactive ketones (excluding diaryl/α,β-unsaturated/α-hetero) is 1. The van der Waals surface area contributed by atoms with E-state index in [1.165, 1.54) is 6.42 Å².